The summed E-state index contributed by atoms with van der Waals surface area (Å²) in [5.41, 5.74) is 1.92. The molecule has 0 amide bonds. The first-order chi connectivity index (χ1) is 10.1. The smallest absolute Gasteiger partial charge is 0.146 e. The third-order valence-corrected chi connectivity index (χ3v) is 3.37. The molecule has 0 unspecified atom stereocenters. The van der Waals surface area contributed by atoms with Crippen LogP contribution in [0.3, 0.4) is 0 Å². The van der Waals surface area contributed by atoms with Crippen LogP contribution in [0.2, 0.25) is 0 Å². The predicted molar refractivity (Wildman–Crippen MR) is 82.3 cm³/mol. The highest BCUT2D eigenvalue weighted by Gasteiger charge is 2.10. The Bertz CT molecular complexity index is 599. The van der Waals surface area contributed by atoms with Crippen LogP contribution >= 0.6 is 0 Å². The van der Waals surface area contributed by atoms with Crippen molar-refractivity contribution < 1.29 is 8.78 Å². The summed E-state index contributed by atoms with van der Waals surface area (Å²) in [5, 5.41) is 3.16. The van der Waals surface area contributed by atoms with Gasteiger partial charge in [-0.3, -0.25) is 0 Å². The van der Waals surface area contributed by atoms with E-state index in [4.69, 9.17) is 0 Å². The first-order valence-electron chi connectivity index (χ1n) is 7.05. The zero-order valence-corrected chi connectivity index (χ0v) is 12.4. The van der Waals surface area contributed by atoms with Gasteiger partial charge in [-0.05, 0) is 30.3 Å². The predicted octanol–water partition coefficient (Wildman–Crippen LogP) is 3.71. The number of hydrogen-bond donors (Lipinski definition) is 1. The third-order valence-electron chi connectivity index (χ3n) is 3.37. The number of anilines is 1. The maximum Gasteiger partial charge on any atom is 0.146 e. The molecular formula is C17H20F2N2. The van der Waals surface area contributed by atoms with E-state index in [1.807, 2.05) is 13.0 Å². The minimum Gasteiger partial charge on any atom is -0.368 e. The SMILES string of the molecule is CCNCc1ccc(N(C)Cc2ccccc2F)c(F)c1. The summed E-state index contributed by atoms with van der Waals surface area (Å²) in [5.74, 6) is -0.558. The van der Waals surface area contributed by atoms with Crippen molar-refractivity contribution in [3.63, 3.8) is 0 Å². The van der Waals surface area contributed by atoms with Crippen molar-refractivity contribution >= 4 is 5.69 Å². The molecule has 0 saturated carbocycles. The van der Waals surface area contributed by atoms with Crippen molar-refractivity contribution in [3.8, 4) is 0 Å². The average molecular weight is 290 g/mol. The van der Waals surface area contributed by atoms with Gasteiger partial charge < -0.3 is 10.2 Å². The minimum atomic E-state index is -0.288. The van der Waals surface area contributed by atoms with E-state index in [-0.39, 0.29) is 11.6 Å². The molecule has 0 aromatic heterocycles. The maximum atomic E-state index is 14.2. The Labute approximate surface area is 124 Å². The molecule has 4 heteroatoms. The van der Waals surface area contributed by atoms with Crippen LogP contribution in [0.4, 0.5) is 14.5 Å². The van der Waals surface area contributed by atoms with Crippen molar-refractivity contribution in [2.75, 3.05) is 18.5 Å². The van der Waals surface area contributed by atoms with Crippen LogP contribution in [0, 0.1) is 11.6 Å². The van der Waals surface area contributed by atoms with E-state index in [0.29, 0.717) is 24.3 Å². The van der Waals surface area contributed by atoms with Crippen LogP contribution in [-0.2, 0) is 13.1 Å². The van der Waals surface area contributed by atoms with Crippen molar-refractivity contribution in [3.05, 3.63) is 65.2 Å². The second-order valence-corrected chi connectivity index (χ2v) is 5.01. The summed E-state index contributed by atoms with van der Waals surface area (Å²) in [6.07, 6.45) is 0. The summed E-state index contributed by atoms with van der Waals surface area (Å²) < 4.78 is 27.8. The molecule has 1 N–H and O–H groups in total. The third kappa shape index (κ3) is 4.02. The maximum absolute atomic E-state index is 14.2. The Morgan fingerprint density at radius 3 is 2.48 bits per heavy atom. The van der Waals surface area contributed by atoms with E-state index in [1.54, 1.807) is 36.2 Å². The van der Waals surface area contributed by atoms with Gasteiger partial charge in [-0.15, -0.1) is 0 Å². The normalized spacial score (nSPS) is 10.7. The Hall–Kier alpha value is -1.94. The fraction of sp³-hybridized carbons (Fsp3) is 0.294. The molecule has 2 nitrogen and oxygen atoms in total. The van der Waals surface area contributed by atoms with E-state index in [1.165, 1.54) is 12.1 Å². The molecule has 0 heterocycles. The molecule has 0 aliphatic rings. The second kappa shape index (κ2) is 7.18. The Kier molecular flexibility index (Phi) is 5.28. The standard InChI is InChI=1S/C17H20F2N2/c1-3-20-11-13-8-9-17(16(19)10-13)21(2)12-14-6-4-5-7-15(14)18/h4-10,20H,3,11-12H2,1-2H3. The molecule has 21 heavy (non-hydrogen) atoms. The topological polar surface area (TPSA) is 15.3 Å². The van der Waals surface area contributed by atoms with Gasteiger partial charge in [0.05, 0.1) is 5.69 Å². The second-order valence-electron chi connectivity index (χ2n) is 5.01. The Morgan fingerprint density at radius 1 is 1.05 bits per heavy atom. The van der Waals surface area contributed by atoms with E-state index < -0.39 is 0 Å². The average Bonchev–Trinajstić information content (AvgIpc) is 2.47. The van der Waals surface area contributed by atoms with Crippen LogP contribution in [-0.4, -0.2) is 13.6 Å². The van der Waals surface area contributed by atoms with Gasteiger partial charge in [0.25, 0.3) is 0 Å². The highest BCUT2D eigenvalue weighted by molar-refractivity contribution is 5.49. The van der Waals surface area contributed by atoms with Crippen LogP contribution in [0.1, 0.15) is 18.1 Å². The number of hydrogen-bond acceptors (Lipinski definition) is 2. The lowest BCUT2D eigenvalue weighted by Crippen LogP contribution is -2.19. The lowest BCUT2D eigenvalue weighted by atomic mass is 10.1. The van der Waals surface area contributed by atoms with Crippen molar-refractivity contribution in [2.24, 2.45) is 0 Å². The van der Waals surface area contributed by atoms with Crippen LogP contribution < -0.4 is 10.2 Å². The largest absolute Gasteiger partial charge is 0.368 e. The van der Waals surface area contributed by atoms with Gasteiger partial charge in [-0.25, -0.2) is 8.78 Å². The summed E-state index contributed by atoms with van der Waals surface area (Å²) >= 11 is 0. The molecule has 2 rings (SSSR count). The van der Waals surface area contributed by atoms with Crippen LogP contribution in [0.15, 0.2) is 42.5 Å². The molecule has 0 bridgehead atoms. The fourth-order valence-corrected chi connectivity index (χ4v) is 2.21. The van der Waals surface area contributed by atoms with E-state index in [9.17, 15) is 8.78 Å². The first kappa shape index (κ1) is 15.4. The van der Waals surface area contributed by atoms with Gasteiger partial charge >= 0.3 is 0 Å². The molecular weight excluding hydrogens is 270 g/mol. The fourth-order valence-electron chi connectivity index (χ4n) is 2.21. The molecule has 0 saturated heterocycles. The zero-order chi connectivity index (χ0) is 15.2. The quantitative estimate of drug-likeness (QED) is 0.872. The van der Waals surface area contributed by atoms with Gasteiger partial charge in [0.15, 0.2) is 0 Å². The van der Waals surface area contributed by atoms with Crippen LogP contribution in [0.5, 0.6) is 0 Å². The summed E-state index contributed by atoms with van der Waals surface area (Å²) in [6.45, 7) is 3.82. The monoisotopic (exact) mass is 290 g/mol. The lowest BCUT2D eigenvalue weighted by Gasteiger charge is -2.21. The van der Waals surface area contributed by atoms with Gasteiger partial charge in [0.2, 0.25) is 0 Å². The molecule has 0 radical (unpaired) electrons. The Balaban J connectivity index is 2.12. The molecule has 2 aromatic rings. The summed E-state index contributed by atoms with van der Waals surface area (Å²) in [6, 6.07) is 11.7. The molecule has 0 aliphatic carbocycles. The molecule has 2 aromatic carbocycles. The zero-order valence-electron chi connectivity index (χ0n) is 12.4. The minimum absolute atomic E-state index is 0.270. The van der Waals surface area contributed by atoms with Gasteiger partial charge in [0.1, 0.15) is 11.6 Å². The molecule has 0 aliphatic heterocycles. The number of nitrogens with zero attached hydrogens (tertiary/aromatic N) is 1. The number of benzene rings is 2. The number of halogens is 2. The van der Waals surface area contributed by atoms with Gasteiger partial charge in [-0.1, -0.05) is 31.2 Å². The summed E-state index contributed by atoms with van der Waals surface area (Å²) in [4.78, 5) is 1.71. The summed E-state index contributed by atoms with van der Waals surface area (Å²) in [7, 11) is 1.76. The van der Waals surface area contributed by atoms with Gasteiger partial charge in [0, 0.05) is 25.7 Å². The lowest BCUT2D eigenvalue weighted by molar-refractivity contribution is 0.599. The molecule has 0 atom stereocenters. The number of nitrogens with one attached hydrogen (secondary N) is 1. The first-order valence-corrected chi connectivity index (χ1v) is 7.05. The van der Waals surface area contributed by atoms with E-state index >= 15 is 0 Å². The Morgan fingerprint density at radius 2 is 1.81 bits per heavy atom. The molecule has 0 spiro atoms. The molecule has 0 fully saturated rings. The highest BCUT2D eigenvalue weighted by atomic mass is 19.1. The van der Waals surface area contributed by atoms with E-state index in [2.05, 4.69) is 5.32 Å². The van der Waals surface area contributed by atoms with Crippen molar-refractivity contribution in [2.45, 2.75) is 20.0 Å². The van der Waals surface area contributed by atoms with Gasteiger partial charge in [-0.2, -0.15) is 0 Å². The number of rotatable bonds is 6. The van der Waals surface area contributed by atoms with Crippen molar-refractivity contribution in [1.29, 1.82) is 0 Å². The molecule has 112 valence electrons. The van der Waals surface area contributed by atoms with Crippen molar-refractivity contribution in [1.82, 2.24) is 5.32 Å². The van der Waals surface area contributed by atoms with E-state index in [0.717, 1.165) is 12.1 Å². The van der Waals surface area contributed by atoms with Crippen LogP contribution in [0.25, 0.3) is 0 Å². The highest BCUT2D eigenvalue weighted by Crippen LogP contribution is 2.22.